The van der Waals surface area contributed by atoms with Crippen molar-refractivity contribution in [2.24, 2.45) is 0 Å². The number of sulfonamides is 1. The zero-order valence-electron chi connectivity index (χ0n) is 20.6. The fourth-order valence-corrected chi connectivity index (χ4v) is 6.78. The lowest BCUT2D eigenvalue weighted by molar-refractivity contribution is -0.183. The van der Waals surface area contributed by atoms with Crippen LogP contribution in [-0.4, -0.2) is 65.6 Å². The molecule has 4 atom stereocenters. The maximum atomic E-state index is 13.9. The molecule has 0 bridgehead atoms. The molecule has 1 saturated heterocycles. The highest BCUT2D eigenvalue weighted by molar-refractivity contribution is 7.90. The molecule has 2 aromatic rings. The number of carboxylic acid groups (broad SMARTS) is 1. The van der Waals surface area contributed by atoms with E-state index < -0.39 is 52.6 Å². The highest BCUT2D eigenvalue weighted by Gasteiger charge is 2.48. The molecule has 8 nitrogen and oxygen atoms in total. The molecule has 1 amide bonds. The third-order valence-corrected chi connectivity index (χ3v) is 9.71. The summed E-state index contributed by atoms with van der Waals surface area (Å²) in [7, 11) is -1.95. The Labute approximate surface area is 227 Å². The summed E-state index contributed by atoms with van der Waals surface area (Å²) in [6.07, 6.45) is -0.810. The standard InChI is InChI=1S/C26H30Cl2N2O6S/c1-3-20(15-29(2)37(34,35)21-11-12-21)30-24(16-7-9-18(27)10-8-16)25(17-5-4-6-19(28)13-17)36-22(26(30)33)14-23(31)32/h4-10,13,20-22,24-25H,3,11-12,14-15H2,1-2H3,(H,31,32)/t20?,22-,24?,25?/m0/s1. The van der Waals surface area contributed by atoms with Gasteiger partial charge >= 0.3 is 5.97 Å². The van der Waals surface area contributed by atoms with Crippen LogP contribution in [0.5, 0.6) is 0 Å². The molecule has 1 aliphatic heterocycles. The van der Waals surface area contributed by atoms with E-state index in [0.29, 0.717) is 34.9 Å². The minimum absolute atomic E-state index is 0.0766. The molecule has 0 spiro atoms. The van der Waals surface area contributed by atoms with Crippen molar-refractivity contribution in [1.82, 2.24) is 9.21 Å². The van der Waals surface area contributed by atoms with Crippen molar-refractivity contribution in [2.75, 3.05) is 13.6 Å². The van der Waals surface area contributed by atoms with Crippen molar-refractivity contribution < 1.29 is 27.9 Å². The summed E-state index contributed by atoms with van der Waals surface area (Å²) in [4.78, 5) is 27.1. The van der Waals surface area contributed by atoms with Crippen molar-refractivity contribution >= 4 is 45.1 Å². The number of aliphatic carboxylic acids is 1. The van der Waals surface area contributed by atoms with Crippen LogP contribution >= 0.6 is 23.2 Å². The van der Waals surface area contributed by atoms with Gasteiger partial charge < -0.3 is 14.7 Å². The Bertz CT molecular complexity index is 1250. The summed E-state index contributed by atoms with van der Waals surface area (Å²) in [5.74, 6) is -1.67. The summed E-state index contributed by atoms with van der Waals surface area (Å²) >= 11 is 12.4. The second-order valence-electron chi connectivity index (χ2n) is 9.53. The molecule has 1 aliphatic carbocycles. The third kappa shape index (κ3) is 6.12. The number of carboxylic acids is 1. The largest absolute Gasteiger partial charge is 0.481 e. The maximum absolute atomic E-state index is 13.9. The van der Waals surface area contributed by atoms with Gasteiger partial charge in [0.25, 0.3) is 5.91 Å². The van der Waals surface area contributed by atoms with E-state index in [0.717, 1.165) is 5.56 Å². The van der Waals surface area contributed by atoms with Crippen molar-refractivity contribution in [3.05, 3.63) is 69.7 Å². The molecule has 200 valence electrons. The molecule has 1 N–H and O–H groups in total. The van der Waals surface area contributed by atoms with Gasteiger partial charge in [-0.05, 0) is 54.7 Å². The molecule has 37 heavy (non-hydrogen) atoms. The molecule has 3 unspecified atom stereocenters. The van der Waals surface area contributed by atoms with E-state index in [9.17, 15) is 23.1 Å². The molecule has 0 aromatic heterocycles. The first-order valence-electron chi connectivity index (χ1n) is 12.2. The first-order valence-corrected chi connectivity index (χ1v) is 14.4. The van der Waals surface area contributed by atoms with Gasteiger partial charge in [-0.25, -0.2) is 12.7 Å². The summed E-state index contributed by atoms with van der Waals surface area (Å²) in [6, 6.07) is 12.8. The monoisotopic (exact) mass is 568 g/mol. The van der Waals surface area contributed by atoms with E-state index in [1.54, 1.807) is 47.4 Å². The Hall–Kier alpha value is -2.17. The molecule has 1 saturated carbocycles. The number of nitrogens with zero attached hydrogens (tertiary/aromatic N) is 2. The molecular formula is C26H30Cl2N2O6S. The Balaban J connectivity index is 1.81. The van der Waals surface area contributed by atoms with Crippen LogP contribution in [0.15, 0.2) is 48.5 Å². The Morgan fingerprint density at radius 1 is 1.14 bits per heavy atom. The van der Waals surface area contributed by atoms with Gasteiger partial charge in [-0.3, -0.25) is 9.59 Å². The predicted octanol–water partition coefficient (Wildman–Crippen LogP) is 4.68. The molecule has 4 rings (SSSR count). The minimum atomic E-state index is -3.48. The Morgan fingerprint density at radius 3 is 2.38 bits per heavy atom. The lowest BCUT2D eigenvalue weighted by Crippen LogP contribution is -2.57. The predicted molar refractivity (Wildman–Crippen MR) is 141 cm³/mol. The number of hydrogen-bond acceptors (Lipinski definition) is 5. The summed E-state index contributed by atoms with van der Waals surface area (Å²) in [6.45, 7) is 1.96. The van der Waals surface area contributed by atoms with Gasteiger partial charge in [0.05, 0.1) is 17.7 Å². The zero-order chi connectivity index (χ0) is 26.9. The van der Waals surface area contributed by atoms with Crippen LogP contribution in [0.4, 0.5) is 0 Å². The van der Waals surface area contributed by atoms with E-state index in [1.807, 2.05) is 13.0 Å². The maximum Gasteiger partial charge on any atom is 0.306 e. The second kappa shape index (κ2) is 11.3. The van der Waals surface area contributed by atoms with Crippen molar-refractivity contribution in [2.45, 2.75) is 62.1 Å². The van der Waals surface area contributed by atoms with Crippen LogP contribution in [0.25, 0.3) is 0 Å². The van der Waals surface area contributed by atoms with Crippen LogP contribution in [0.3, 0.4) is 0 Å². The molecular weight excluding hydrogens is 539 g/mol. The Kier molecular flexibility index (Phi) is 8.50. The number of carbonyl (C=O) groups is 2. The number of halogens is 2. The zero-order valence-corrected chi connectivity index (χ0v) is 22.9. The van der Waals surface area contributed by atoms with Crippen LogP contribution < -0.4 is 0 Å². The van der Waals surface area contributed by atoms with Crippen molar-refractivity contribution in [3.8, 4) is 0 Å². The molecule has 1 heterocycles. The van der Waals surface area contributed by atoms with Crippen molar-refractivity contribution in [3.63, 3.8) is 0 Å². The highest BCUT2D eigenvalue weighted by atomic mass is 35.5. The van der Waals surface area contributed by atoms with Crippen LogP contribution in [0.1, 0.15) is 55.9 Å². The molecule has 2 aliphatic rings. The average molecular weight is 570 g/mol. The van der Waals surface area contributed by atoms with E-state index >= 15 is 0 Å². The minimum Gasteiger partial charge on any atom is -0.481 e. The first kappa shape index (κ1) is 27.9. The van der Waals surface area contributed by atoms with E-state index in [4.69, 9.17) is 27.9 Å². The highest BCUT2D eigenvalue weighted by Crippen LogP contribution is 2.45. The summed E-state index contributed by atoms with van der Waals surface area (Å²) in [5, 5.41) is 10.1. The van der Waals surface area contributed by atoms with Gasteiger partial charge in [0.15, 0.2) is 0 Å². The number of likely N-dealkylation sites (N-methyl/N-ethyl adjacent to an activating group) is 1. The van der Waals surface area contributed by atoms with E-state index in [2.05, 4.69) is 0 Å². The smallest absolute Gasteiger partial charge is 0.306 e. The van der Waals surface area contributed by atoms with Gasteiger partial charge in [0, 0.05) is 29.7 Å². The SMILES string of the molecule is CCC(CN(C)S(=O)(=O)C1CC1)N1C(=O)[C@H](CC(=O)O)OC(c2cccc(Cl)c2)C1c1ccc(Cl)cc1. The third-order valence-electron chi connectivity index (χ3n) is 6.89. The lowest BCUT2D eigenvalue weighted by Gasteiger charge is -2.48. The normalized spacial score (nSPS) is 23.3. The number of amides is 1. The molecule has 0 radical (unpaired) electrons. The van der Waals surface area contributed by atoms with Crippen LogP contribution in [0.2, 0.25) is 10.0 Å². The number of hydrogen-bond donors (Lipinski definition) is 1. The average Bonchev–Trinajstić information content (AvgIpc) is 3.70. The number of benzene rings is 2. The Morgan fingerprint density at radius 2 is 1.81 bits per heavy atom. The second-order valence-corrected chi connectivity index (χ2v) is 12.7. The summed E-state index contributed by atoms with van der Waals surface area (Å²) in [5.41, 5.74) is 1.40. The van der Waals surface area contributed by atoms with Gasteiger partial charge in [-0.1, -0.05) is 54.4 Å². The lowest BCUT2D eigenvalue weighted by atomic mass is 9.89. The van der Waals surface area contributed by atoms with E-state index in [-0.39, 0.29) is 11.8 Å². The number of morpholine rings is 1. The molecule has 11 heteroatoms. The number of ether oxygens (including phenoxy) is 1. The summed E-state index contributed by atoms with van der Waals surface area (Å²) < 4.78 is 33.4. The van der Waals surface area contributed by atoms with Crippen LogP contribution in [-0.2, 0) is 24.3 Å². The molecule has 2 aromatic carbocycles. The molecule has 2 fully saturated rings. The van der Waals surface area contributed by atoms with Gasteiger partial charge in [-0.2, -0.15) is 0 Å². The number of carbonyl (C=O) groups excluding carboxylic acids is 1. The fraction of sp³-hybridized carbons (Fsp3) is 0.462. The number of rotatable bonds is 10. The van der Waals surface area contributed by atoms with Gasteiger partial charge in [0.2, 0.25) is 10.0 Å². The quantitative estimate of drug-likeness (QED) is 0.446. The first-order chi connectivity index (χ1) is 17.5. The fourth-order valence-electron chi connectivity index (χ4n) is 4.83. The van der Waals surface area contributed by atoms with Gasteiger partial charge in [0.1, 0.15) is 12.2 Å². The van der Waals surface area contributed by atoms with Gasteiger partial charge in [-0.15, -0.1) is 0 Å². The van der Waals surface area contributed by atoms with E-state index in [1.165, 1.54) is 11.4 Å². The van der Waals surface area contributed by atoms with Crippen molar-refractivity contribution in [1.29, 1.82) is 0 Å². The van der Waals surface area contributed by atoms with Crippen LogP contribution in [0, 0.1) is 0 Å². The topological polar surface area (TPSA) is 104 Å².